The lowest BCUT2D eigenvalue weighted by Crippen LogP contribution is -2.08. The van der Waals surface area contributed by atoms with Crippen molar-refractivity contribution in [2.75, 3.05) is 0 Å². The van der Waals surface area contributed by atoms with Crippen LogP contribution < -0.4 is 0 Å². The van der Waals surface area contributed by atoms with E-state index in [2.05, 4.69) is 11.1 Å². The zero-order valence-corrected chi connectivity index (χ0v) is 10.2. The molecule has 0 spiro atoms. The van der Waals surface area contributed by atoms with Crippen LogP contribution in [0, 0.1) is 0 Å². The van der Waals surface area contributed by atoms with E-state index in [0.717, 1.165) is 42.1 Å². The third-order valence-corrected chi connectivity index (χ3v) is 3.76. The van der Waals surface area contributed by atoms with E-state index >= 15 is 0 Å². The number of aryl methyl sites for hydroxylation is 1. The fraction of sp³-hybridized carbons (Fsp3) is 0.357. The quantitative estimate of drug-likeness (QED) is 0.844. The zero-order valence-electron chi connectivity index (χ0n) is 9.49. The minimum atomic E-state index is -0.422. The summed E-state index contributed by atoms with van der Waals surface area (Å²) in [5.74, 6) is 0. The van der Waals surface area contributed by atoms with E-state index in [9.17, 15) is 5.11 Å². The van der Waals surface area contributed by atoms with E-state index in [1.54, 1.807) is 0 Å². The predicted molar refractivity (Wildman–Crippen MR) is 69.3 cm³/mol. The number of nitrogens with zero attached hydrogens (tertiary/aromatic N) is 1. The molecule has 1 fully saturated rings. The molecule has 0 aliphatic heterocycles. The van der Waals surface area contributed by atoms with Crippen LogP contribution in [-0.2, 0) is 6.42 Å². The van der Waals surface area contributed by atoms with Gasteiger partial charge >= 0.3 is 0 Å². The summed E-state index contributed by atoms with van der Waals surface area (Å²) in [5, 5.41) is 11.5. The summed E-state index contributed by atoms with van der Waals surface area (Å²) in [7, 11) is 0. The molecule has 0 atom stereocenters. The van der Waals surface area contributed by atoms with E-state index < -0.39 is 5.60 Å². The molecule has 2 aromatic rings. The second-order valence-corrected chi connectivity index (χ2v) is 5.21. The van der Waals surface area contributed by atoms with Crippen molar-refractivity contribution in [3.05, 3.63) is 41.0 Å². The van der Waals surface area contributed by atoms with Crippen LogP contribution in [0.2, 0.25) is 5.15 Å². The average molecular weight is 248 g/mol. The highest BCUT2D eigenvalue weighted by atomic mass is 35.5. The molecule has 17 heavy (non-hydrogen) atoms. The molecule has 3 heteroatoms. The molecule has 3 rings (SSSR count). The van der Waals surface area contributed by atoms with Gasteiger partial charge in [0.15, 0.2) is 0 Å². The van der Waals surface area contributed by atoms with Gasteiger partial charge in [-0.1, -0.05) is 29.8 Å². The molecule has 0 radical (unpaired) electrons. The van der Waals surface area contributed by atoms with Gasteiger partial charge in [-0.25, -0.2) is 4.98 Å². The molecule has 0 amide bonds. The summed E-state index contributed by atoms with van der Waals surface area (Å²) < 4.78 is 0. The Morgan fingerprint density at radius 2 is 2.06 bits per heavy atom. The van der Waals surface area contributed by atoms with Gasteiger partial charge in [0.2, 0.25) is 0 Å². The molecule has 88 valence electrons. The predicted octanol–water partition coefficient (Wildman–Crippen LogP) is 3.35. The monoisotopic (exact) mass is 247 g/mol. The number of halogens is 1. The van der Waals surface area contributed by atoms with E-state index in [0.29, 0.717) is 5.15 Å². The van der Waals surface area contributed by atoms with Gasteiger partial charge in [-0.3, -0.25) is 0 Å². The SMILES string of the molecule is OC1(CCc2cc3ccccc3nc2Cl)CC1. The highest BCUT2D eigenvalue weighted by Crippen LogP contribution is 2.39. The number of pyridine rings is 1. The van der Waals surface area contributed by atoms with Crippen LogP contribution in [-0.4, -0.2) is 15.7 Å². The number of hydrogen-bond donors (Lipinski definition) is 1. The maximum absolute atomic E-state index is 9.83. The van der Waals surface area contributed by atoms with Crippen molar-refractivity contribution in [3.63, 3.8) is 0 Å². The zero-order chi connectivity index (χ0) is 11.9. The number of aliphatic hydroxyl groups is 1. The molecule has 1 aromatic heterocycles. The molecule has 1 saturated carbocycles. The summed E-state index contributed by atoms with van der Waals surface area (Å²) >= 11 is 6.16. The van der Waals surface area contributed by atoms with Gasteiger partial charge in [-0.15, -0.1) is 0 Å². The topological polar surface area (TPSA) is 33.1 Å². The first-order valence-corrected chi connectivity index (χ1v) is 6.31. The Bertz CT molecular complexity index is 563. The minimum absolute atomic E-state index is 0.422. The number of rotatable bonds is 3. The smallest absolute Gasteiger partial charge is 0.132 e. The van der Waals surface area contributed by atoms with Crippen molar-refractivity contribution in [1.29, 1.82) is 0 Å². The minimum Gasteiger partial charge on any atom is -0.390 e. The second kappa shape index (κ2) is 3.97. The van der Waals surface area contributed by atoms with E-state index in [1.165, 1.54) is 0 Å². The average Bonchev–Trinajstić information content (AvgIpc) is 3.05. The largest absolute Gasteiger partial charge is 0.390 e. The van der Waals surface area contributed by atoms with Gasteiger partial charge in [-0.2, -0.15) is 0 Å². The van der Waals surface area contributed by atoms with Gasteiger partial charge in [0.05, 0.1) is 11.1 Å². The van der Waals surface area contributed by atoms with E-state index in [1.807, 2.05) is 24.3 Å². The van der Waals surface area contributed by atoms with Gasteiger partial charge in [0.1, 0.15) is 5.15 Å². The summed E-state index contributed by atoms with van der Waals surface area (Å²) in [6.45, 7) is 0. The number of fused-ring (bicyclic) bond motifs is 1. The summed E-state index contributed by atoms with van der Waals surface area (Å²) in [4.78, 5) is 4.38. The van der Waals surface area contributed by atoms with Crippen molar-refractivity contribution < 1.29 is 5.11 Å². The normalized spacial score (nSPS) is 17.3. The first-order chi connectivity index (χ1) is 8.16. The van der Waals surface area contributed by atoms with Gasteiger partial charge in [0, 0.05) is 5.39 Å². The molecule has 1 aliphatic carbocycles. The lowest BCUT2D eigenvalue weighted by molar-refractivity contribution is 0.140. The third kappa shape index (κ3) is 2.28. The lowest BCUT2D eigenvalue weighted by Gasteiger charge is -2.09. The maximum atomic E-state index is 9.83. The van der Waals surface area contributed by atoms with Crippen molar-refractivity contribution in [3.8, 4) is 0 Å². The van der Waals surface area contributed by atoms with Crippen LogP contribution in [0.4, 0.5) is 0 Å². The Labute approximate surface area is 105 Å². The fourth-order valence-electron chi connectivity index (χ4n) is 2.07. The molecular weight excluding hydrogens is 234 g/mol. The molecule has 1 aromatic carbocycles. The third-order valence-electron chi connectivity index (χ3n) is 3.44. The Morgan fingerprint density at radius 1 is 1.29 bits per heavy atom. The van der Waals surface area contributed by atoms with Crippen LogP contribution in [0.5, 0.6) is 0 Å². The van der Waals surface area contributed by atoms with Gasteiger partial charge < -0.3 is 5.11 Å². The van der Waals surface area contributed by atoms with Crippen molar-refractivity contribution in [2.24, 2.45) is 0 Å². The van der Waals surface area contributed by atoms with Crippen LogP contribution in [0.3, 0.4) is 0 Å². The van der Waals surface area contributed by atoms with Crippen molar-refractivity contribution in [2.45, 2.75) is 31.3 Å². The Kier molecular flexibility index (Phi) is 2.57. The Morgan fingerprint density at radius 3 is 2.82 bits per heavy atom. The molecule has 1 N–H and O–H groups in total. The fourth-order valence-corrected chi connectivity index (χ4v) is 2.31. The van der Waals surface area contributed by atoms with Crippen molar-refractivity contribution in [1.82, 2.24) is 4.98 Å². The molecule has 1 aliphatic rings. The number of aromatic nitrogens is 1. The molecule has 0 saturated heterocycles. The molecule has 2 nitrogen and oxygen atoms in total. The van der Waals surface area contributed by atoms with Crippen molar-refractivity contribution >= 4 is 22.5 Å². The van der Waals surface area contributed by atoms with Gasteiger partial charge in [-0.05, 0) is 43.4 Å². The standard InChI is InChI=1S/C14H14ClNO/c15-13-11(5-6-14(17)7-8-14)9-10-3-1-2-4-12(10)16-13/h1-4,9,17H,5-8H2. The highest BCUT2D eigenvalue weighted by molar-refractivity contribution is 6.30. The molecule has 1 heterocycles. The van der Waals surface area contributed by atoms with E-state index in [4.69, 9.17) is 11.6 Å². The Balaban J connectivity index is 1.90. The van der Waals surface area contributed by atoms with E-state index in [-0.39, 0.29) is 0 Å². The molecule has 0 unspecified atom stereocenters. The van der Waals surface area contributed by atoms with Gasteiger partial charge in [0.25, 0.3) is 0 Å². The second-order valence-electron chi connectivity index (χ2n) is 4.86. The molecular formula is C14H14ClNO. The van der Waals surface area contributed by atoms with Crippen LogP contribution in [0.15, 0.2) is 30.3 Å². The number of para-hydroxylation sites is 1. The van der Waals surface area contributed by atoms with Crippen LogP contribution in [0.1, 0.15) is 24.8 Å². The first-order valence-electron chi connectivity index (χ1n) is 5.93. The summed E-state index contributed by atoms with van der Waals surface area (Å²) in [6, 6.07) is 10.0. The van der Waals surface area contributed by atoms with Crippen LogP contribution >= 0.6 is 11.6 Å². The number of hydrogen-bond acceptors (Lipinski definition) is 2. The Hall–Kier alpha value is -1.12. The summed E-state index contributed by atoms with van der Waals surface area (Å²) in [5.41, 5.74) is 1.53. The number of benzene rings is 1. The summed E-state index contributed by atoms with van der Waals surface area (Å²) in [6.07, 6.45) is 3.43. The van der Waals surface area contributed by atoms with Crippen LogP contribution in [0.25, 0.3) is 10.9 Å². The maximum Gasteiger partial charge on any atom is 0.132 e. The molecule has 0 bridgehead atoms. The first kappa shape index (κ1) is 11.0. The highest BCUT2D eigenvalue weighted by Gasteiger charge is 2.39. The lowest BCUT2D eigenvalue weighted by atomic mass is 10.1.